The van der Waals surface area contributed by atoms with Crippen molar-refractivity contribution >= 4 is 17.5 Å². The molecule has 0 aliphatic carbocycles. The predicted octanol–water partition coefficient (Wildman–Crippen LogP) is 3.76. The third-order valence-corrected chi connectivity index (χ3v) is 4.80. The largest absolute Gasteiger partial charge is 0.492 e. The molecule has 1 saturated heterocycles. The van der Waals surface area contributed by atoms with Gasteiger partial charge < -0.3 is 14.4 Å². The molecule has 1 aliphatic heterocycles. The van der Waals surface area contributed by atoms with Crippen LogP contribution in [0.4, 0.5) is 16.2 Å². The third-order valence-electron chi connectivity index (χ3n) is 4.80. The molecular weight excluding hydrogens is 354 g/mol. The number of carbonyl (C=O) groups is 1. The summed E-state index contributed by atoms with van der Waals surface area (Å²) in [6.07, 6.45) is -0.453. The Morgan fingerprint density at radius 3 is 2.61 bits per heavy atom. The molecule has 0 atom stereocenters. The summed E-state index contributed by atoms with van der Waals surface area (Å²) in [4.78, 5) is 16.8. The van der Waals surface area contributed by atoms with E-state index >= 15 is 0 Å². The summed E-state index contributed by atoms with van der Waals surface area (Å²) in [7, 11) is 0. The highest BCUT2D eigenvalue weighted by Crippen LogP contribution is 2.23. The van der Waals surface area contributed by atoms with Gasteiger partial charge in [-0.05, 0) is 43.7 Å². The van der Waals surface area contributed by atoms with Crippen LogP contribution in [0.15, 0.2) is 48.5 Å². The highest BCUT2D eigenvalue weighted by atomic mass is 16.5. The average molecular weight is 383 g/mol. The number of carbonyl (C=O) groups excluding carboxylic acids is 1. The minimum atomic E-state index is -0.453. The van der Waals surface area contributed by atoms with Gasteiger partial charge in [0.05, 0.1) is 12.3 Å². The van der Waals surface area contributed by atoms with Crippen molar-refractivity contribution in [3.8, 4) is 5.75 Å². The normalized spacial score (nSPS) is 14.6. The molecule has 1 fully saturated rings. The van der Waals surface area contributed by atoms with Crippen molar-refractivity contribution in [3.63, 3.8) is 0 Å². The number of para-hydroxylation sites is 2. The van der Waals surface area contributed by atoms with Gasteiger partial charge in [-0.1, -0.05) is 24.3 Å². The molecule has 0 spiro atoms. The first-order valence-electron chi connectivity index (χ1n) is 9.85. The number of hydrogen-bond acceptors (Lipinski definition) is 5. The van der Waals surface area contributed by atoms with Gasteiger partial charge in [0.15, 0.2) is 0 Å². The zero-order valence-electron chi connectivity index (χ0n) is 16.7. The number of aryl methyl sites for hydroxylation is 1. The van der Waals surface area contributed by atoms with E-state index in [4.69, 9.17) is 9.47 Å². The zero-order valence-corrected chi connectivity index (χ0v) is 16.7. The maximum Gasteiger partial charge on any atom is 0.411 e. The molecule has 150 valence electrons. The van der Waals surface area contributed by atoms with Crippen LogP contribution in [0.5, 0.6) is 5.75 Å². The number of benzene rings is 2. The number of piperazine rings is 1. The summed E-state index contributed by atoms with van der Waals surface area (Å²) < 4.78 is 10.9. The maximum absolute atomic E-state index is 12.1. The van der Waals surface area contributed by atoms with Crippen LogP contribution in [0.3, 0.4) is 0 Å². The van der Waals surface area contributed by atoms with Crippen molar-refractivity contribution in [2.45, 2.75) is 13.8 Å². The van der Waals surface area contributed by atoms with Crippen LogP contribution in [0.25, 0.3) is 0 Å². The number of amides is 1. The molecule has 0 aromatic heterocycles. The molecule has 1 aliphatic rings. The molecule has 6 nitrogen and oxygen atoms in total. The van der Waals surface area contributed by atoms with Crippen LogP contribution >= 0.6 is 0 Å². The number of anilines is 2. The van der Waals surface area contributed by atoms with Gasteiger partial charge in [0.25, 0.3) is 0 Å². The van der Waals surface area contributed by atoms with E-state index in [1.807, 2.05) is 25.1 Å². The molecule has 1 amide bonds. The fourth-order valence-electron chi connectivity index (χ4n) is 3.32. The van der Waals surface area contributed by atoms with Crippen molar-refractivity contribution in [2.24, 2.45) is 0 Å². The van der Waals surface area contributed by atoms with E-state index in [1.54, 1.807) is 6.07 Å². The van der Waals surface area contributed by atoms with Crippen LogP contribution in [0.2, 0.25) is 0 Å². The van der Waals surface area contributed by atoms with E-state index in [2.05, 4.69) is 46.3 Å². The Morgan fingerprint density at radius 1 is 1.07 bits per heavy atom. The second-order valence-corrected chi connectivity index (χ2v) is 6.86. The van der Waals surface area contributed by atoms with E-state index in [-0.39, 0.29) is 0 Å². The summed E-state index contributed by atoms with van der Waals surface area (Å²) in [5.41, 5.74) is 3.19. The third kappa shape index (κ3) is 5.63. The zero-order chi connectivity index (χ0) is 19.8. The highest BCUT2D eigenvalue weighted by Gasteiger charge is 2.17. The maximum atomic E-state index is 12.1. The van der Waals surface area contributed by atoms with Gasteiger partial charge in [0.2, 0.25) is 0 Å². The number of nitrogens with zero attached hydrogens (tertiary/aromatic N) is 2. The first kappa shape index (κ1) is 20.0. The second kappa shape index (κ2) is 9.99. The smallest absolute Gasteiger partial charge is 0.411 e. The first-order chi connectivity index (χ1) is 13.7. The fraction of sp³-hybridized carbons (Fsp3) is 0.409. The number of rotatable bonds is 7. The van der Waals surface area contributed by atoms with Gasteiger partial charge in [-0.3, -0.25) is 10.2 Å². The van der Waals surface area contributed by atoms with E-state index < -0.39 is 6.09 Å². The summed E-state index contributed by atoms with van der Waals surface area (Å²) >= 11 is 0. The van der Waals surface area contributed by atoms with E-state index in [1.165, 1.54) is 11.3 Å². The van der Waals surface area contributed by atoms with Crippen LogP contribution in [-0.2, 0) is 4.74 Å². The van der Waals surface area contributed by atoms with Crippen molar-refractivity contribution < 1.29 is 14.3 Å². The molecule has 0 bridgehead atoms. The minimum absolute atomic E-state index is 0.368. The Morgan fingerprint density at radius 2 is 1.86 bits per heavy atom. The predicted molar refractivity (Wildman–Crippen MR) is 112 cm³/mol. The van der Waals surface area contributed by atoms with Gasteiger partial charge in [-0.25, -0.2) is 4.79 Å². The SMILES string of the molecule is CCOc1ccccc1NC(=O)OCCN1CCN(c2cccc(C)c2)CC1. The lowest BCUT2D eigenvalue weighted by molar-refractivity contribution is 0.137. The Hall–Kier alpha value is -2.73. The Balaban J connectivity index is 1.38. The average Bonchev–Trinajstić information content (AvgIpc) is 2.70. The van der Waals surface area contributed by atoms with E-state index in [9.17, 15) is 4.79 Å². The van der Waals surface area contributed by atoms with Gasteiger partial charge in [-0.15, -0.1) is 0 Å². The number of ether oxygens (including phenoxy) is 2. The van der Waals surface area contributed by atoms with Crippen LogP contribution in [0.1, 0.15) is 12.5 Å². The minimum Gasteiger partial charge on any atom is -0.492 e. The molecule has 0 unspecified atom stereocenters. The molecule has 1 heterocycles. The van der Waals surface area contributed by atoms with Gasteiger partial charge in [0.1, 0.15) is 12.4 Å². The lowest BCUT2D eigenvalue weighted by Gasteiger charge is -2.36. The van der Waals surface area contributed by atoms with Gasteiger partial charge >= 0.3 is 6.09 Å². The monoisotopic (exact) mass is 383 g/mol. The lowest BCUT2D eigenvalue weighted by Crippen LogP contribution is -2.47. The molecule has 0 saturated carbocycles. The standard InChI is InChI=1S/C22H29N3O3/c1-3-27-21-10-5-4-9-20(21)23-22(26)28-16-15-24-11-13-25(14-12-24)19-8-6-7-18(2)17-19/h4-10,17H,3,11-16H2,1-2H3,(H,23,26). The summed E-state index contributed by atoms with van der Waals surface area (Å²) in [6.45, 7) is 9.58. The van der Waals surface area contributed by atoms with Gasteiger partial charge in [-0.2, -0.15) is 0 Å². The molecule has 2 aromatic rings. The second-order valence-electron chi connectivity index (χ2n) is 6.86. The van der Waals surface area contributed by atoms with Crippen molar-refractivity contribution in [2.75, 3.05) is 56.2 Å². The molecule has 6 heteroatoms. The number of hydrogen-bond donors (Lipinski definition) is 1. The first-order valence-corrected chi connectivity index (χ1v) is 9.85. The summed E-state index contributed by atoms with van der Waals surface area (Å²) in [6, 6.07) is 16.0. The molecule has 0 radical (unpaired) electrons. The van der Waals surface area contributed by atoms with Crippen LogP contribution in [0, 0.1) is 6.92 Å². The van der Waals surface area contributed by atoms with Crippen LogP contribution in [-0.4, -0.2) is 56.9 Å². The molecule has 3 rings (SSSR count). The quantitative estimate of drug-likeness (QED) is 0.789. The number of nitrogens with one attached hydrogen (secondary N) is 1. The Kier molecular flexibility index (Phi) is 7.14. The summed E-state index contributed by atoms with van der Waals surface area (Å²) in [5, 5.41) is 2.75. The Labute approximate surface area is 167 Å². The van der Waals surface area contributed by atoms with Crippen molar-refractivity contribution in [1.29, 1.82) is 0 Å². The van der Waals surface area contributed by atoms with E-state index in [0.29, 0.717) is 24.7 Å². The Bertz CT molecular complexity index is 773. The topological polar surface area (TPSA) is 54.0 Å². The van der Waals surface area contributed by atoms with Crippen molar-refractivity contribution in [3.05, 3.63) is 54.1 Å². The summed E-state index contributed by atoms with van der Waals surface area (Å²) in [5.74, 6) is 0.647. The van der Waals surface area contributed by atoms with Gasteiger partial charge in [0, 0.05) is 38.4 Å². The van der Waals surface area contributed by atoms with Crippen molar-refractivity contribution in [1.82, 2.24) is 4.90 Å². The van der Waals surface area contributed by atoms with Crippen LogP contribution < -0.4 is 15.0 Å². The molecule has 2 aromatic carbocycles. The van der Waals surface area contributed by atoms with E-state index in [0.717, 1.165) is 32.7 Å². The molecule has 1 N–H and O–H groups in total. The molecule has 28 heavy (non-hydrogen) atoms. The highest BCUT2D eigenvalue weighted by molar-refractivity contribution is 5.86. The lowest BCUT2D eigenvalue weighted by atomic mass is 10.2. The fourth-order valence-corrected chi connectivity index (χ4v) is 3.32. The molecular formula is C22H29N3O3.